The predicted molar refractivity (Wildman–Crippen MR) is 59.1 cm³/mol. The first-order chi connectivity index (χ1) is 8.54. The molecule has 0 aromatic heterocycles. The van der Waals surface area contributed by atoms with E-state index in [1.165, 1.54) is 6.07 Å². The molecule has 4 nitrogen and oxygen atoms in total. The van der Waals surface area contributed by atoms with E-state index < -0.39 is 17.7 Å². The summed E-state index contributed by atoms with van der Waals surface area (Å²) in [4.78, 5) is 10.3. The van der Waals surface area contributed by atoms with Crippen LogP contribution >= 0.6 is 0 Å². The molecule has 1 aromatic rings. The van der Waals surface area contributed by atoms with Gasteiger partial charge in [-0.1, -0.05) is 6.07 Å². The van der Waals surface area contributed by atoms with Crippen LogP contribution in [0.3, 0.4) is 0 Å². The molecule has 98 valence electrons. The lowest BCUT2D eigenvalue weighted by Gasteiger charge is -2.34. The summed E-state index contributed by atoms with van der Waals surface area (Å²) in [6.07, 6.45) is 0.139. The number of rotatable bonds is 4. The van der Waals surface area contributed by atoms with Crippen LogP contribution in [-0.2, 0) is 11.3 Å². The first kappa shape index (κ1) is 12.8. The van der Waals surface area contributed by atoms with Crippen LogP contribution in [0.25, 0.3) is 0 Å². The standard InChI is InChI=1S/C12H13F2NO3/c13-10-2-1-7(3-11(10)14)6-18-9-4-8(5-9)15-12(16)17/h1-3,8-9,15H,4-6H2,(H,16,17)/t8-,9-. The van der Waals surface area contributed by atoms with Gasteiger partial charge in [0.15, 0.2) is 11.6 Å². The Morgan fingerprint density at radius 3 is 2.72 bits per heavy atom. The Morgan fingerprint density at radius 2 is 2.11 bits per heavy atom. The second-order valence-corrected chi connectivity index (χ2v) is 4.30. The van der Waals surface area contributed by atoms with Crippen molar-refractivity contribution in [3.63, 3.8) is 0 Å². The quantitative estimate of drug-likeness (QED) is 0.870. The van der Waals surface area contributed by atoms with Gasteiger partial charge in [0, 0.05) is 6.04 Å². The fraction of sp³-hybridized carbons (Fsp3) is 0.417. The molecule has 1 saturated carbocycles. The molecule has 6 heteroatoms. The summed E-state index contributed by atoms with van der Waals surface area (Å²) in [6, 6.07) is 3.55. The fourth-order valence-corrected chi connectivity index (χ4v) is 1.84. The van der Waals surface area contributed by atoms with Crippen molar-refractivity contribution in [3.8, 4) is 0 Å². The minimum absolute atomic E-state index is 0.0324. The molecule has 0 aliphatic heterocycles. The van der Waals surface area contributed by atoms with Gasteiger partial charge in [0.1, 0.15) is 0 Å². The number of halogens is 2. The van der Waals surface area contributed by atoms with Crippen molar-refractivity contribution in [1.82, 2.24) is 5.32 Å². The Labute approximate surface area is 103 Å². The highest BCUT2D eigenvalue weighted by Gasteiger charge is 2.30. The van der Waals surface area contributed by atoms with Crippen LogP contribution in [0.2, 0.25) is 0 Å². The molecule has 1 amide bonds. The Kier molecular flexibility index (Phi) is 3.76. The molecule has 0 heterocycles. The van der Waals surface area contributed by atoms with E-state index in [2.05, 4.69) is 5.32 Å². The zero-order valence-corrected chi connectivity index (χ0v) is 9.53. The maximum absolute atomic E-state index is 12.9. The highest BCUT2D eigenvalue weighted by atomic mass is 19.2. The van der Waals surface area contributed by atoms with Crippen molar-refractivity contribution >= 4 is 6.09 Å². The Hall–Kier alpha value is -1.69. The molecule has 18 heavy (non-hydrogen) atoms. The van der Waals surface area contributed by atoms with Gasteiger partial charge < -0.3 is 15.2 Å². The molecular formula is C12H13F2NO3. The van der Waals surface area contributed by atoms with Crippen molar-refractivity contribution in [1.29, 1.82) is 0 Å². The topological polar surface area (TPSA) is 58.6 Å². The summed E-state index contributed by atoms with van der Waals surface area (Å²) in [7, 11) is 0. The second kappa shape index (κ2) is 5.30. The van der Waals surface area contributed by atoms with Crippen molar-refractivity contribution in [2.24, 2.45) is 0 Å². The molecule has 0 bridgehead atoms. The molecule has 1 aliphatic carbocycles. The normalized spacial score (nSPS) is 22.3. The second-order valence-electron chi connectivity index (χ2n) is 4.30. The summed E-state index contributed by atoms with van der Waals surface area (Å²) in [6.45, 7) is 0.196. The van der Waals surface area contributed by atoms with Crippen LogP contribution in [0.1, 0.15) is 18.4 Å². The zero-order valence-electron chi connectivity index (χ0n) is 9.53. The smallest absolute Gasteiger partial charge is 0.404 e. The minimum Gasteiger partial charge on any atom is -0.465 e. The largest absolute Gasteiger partial charge is 0.465 e. The molecule has 0 radical (unpaired) electrons. The average Bonchev–Trinajstić information content (AvgIpc) is 2.25. The molecule has 1 fully saturated rings. The third kappa shape index (κ3) is 3.16. The predicted octanol–water partition coefficient (Wildman–Crippen LogP) is 2.28. The number of carbonyl (C=O) groups is 1. The molecule has 0 atom stereocenters. The first-order valence-corrected chi connectivity index (χ1v) is 5.59. The van der Waals surface area contributed by atoms with E-state index >= 15 is 0 Å². The monoisotopic (exact) mass is 257 g/mol. The third-order valence-electron chi connectivity index (χ3n) is 2.89. The van der Waals surface area contributed by atoms with Gasteiger partial charge in [-0.25, -0.2) is 13.6 Å². The number of hydrogen-bond donors (Lipinski definition) is 2. The highest BCUT2D eigenvalue weighted by molar-refractivity contribution is 5.65. The van der Waals surface area contributed by atoms with Crippen molar-refractivity contribution < 1.29 is 23.4 Å². The maximum atomic E-state index is 12.9. The lowest BCUT2D eigenvalue weighted by molar-refractivity contribution is -0.0253. The van der Waals surface area contributed by atoms with Crippen LogP contribution in [0, 0.1) is 11.6 Å². The Bertz CT molecular complexity index is 447. The summed E-state index contributed by atoms with van der Waals surface area (Å²) in [5.41, 5.74) is 0.559. The molecule has 2 N–H and O–H groups in total. The molecule has 1 aromatic carbocycles. The van der Waals surface area contributed by atoms with Crippen molar-refractivity contribution in [3.05, 3.63) is 35.4 Å². The number of amides is 1. The number of nitrogens with one attached hydrogen (secondary N) is 1. The van der Waals surface area contributed by atoms with E-state index in [-0.39, 0.29) is 18.8 Å². The molecular weight excluding hydrogens is 244 g/mol. The van der Waals surface area contributed by atoms with Crippen LogP contribution in [-0.4, -0.2) is 23.3 Å². The molecule has 0 unspecified atom stereocenters. The number of carboxylic acid groups (broad SMARTS) is 1. The van der Waals surface area contributed by atoms with E-state index in [1.807, 2.05) is 0 Å². The Morgan fingerprint density at radius 1 is 1.39 bits per heavy atom. The van der Waals surface area contributed by atoms with E-state index in [1.54, 1.807) is 0 Å². The van der Waals surface area contributed by atoms with E-state index in [9.17, 15) is 13.6 Å². The van der Waals surface area contributed by atoms with E-state index in [0.29, 0.717) is 18.4 Å². The van der Waals surface area contributed by atoms with Crippen LogP contribution < -0.4 is 5.32 Å². The van der Waals surface area contributed by atoms with Crippen LogP contribution in [0.5, 0.6) is 0 Å². The third-order valence-corrected chi connectivity index (χ3v) is 2.89. The summed E-state index contributed by atoms with van der Waals surface area (Å²) < 4.78 is 31.0. The van der Waals surface area contributed by atoms with Crippen LogP contribution in [0.15, 0.2) is 18.2 Å². The van der Waals surface area contributed by atoms with Gasteiger partial charge in [-0.3, -0.25) is 0 Å². The van der Waals surface area contributed by atoms with Gasteiger partial charge in [-0.2, -0.15) is 0 Å². The van der Waals surface area contributed by atoms with Gasteiger partial charge in [-0.15, -0.1) is 0 Å². The summed E-state index contributed by atoms with van der Waals surface area (Å²) in [5.74, 6) is -1.77. The van der Waals surface area contributed by atoms with E-state index in [0.717, 1.165) is 12.1 Å². The summed E-state index contributed by atoms with van der Waals surface area (Å²) in [5, 5.41) is 10.8. The van der Waals surface area contributed by atoms with E-state index in [4.69, 9.17) is 9.84 Å². The van der Waals surface area contributed by atoms with Gasteiger partial charge in [0.05, 0.1) is 12.7 Å². The van der Waals surface area contributed by atoms with Gasteiger partial charge in [-0.05, 0) is 30.5 Å². The average molecular weight is 257 g/mol. The number of ether oxygens (including phenoxy) is 1. The zero-order chi connectivity index (χ0) is 13.1. The lowest BCUT2D eigenvalue weighted by atomic mass is 9.89. The molecule has 2 rings (SSSR count). The maximum Gasteiger partial charge on any atom is 0.404 e. The SMILES string of the molecule is O=C(O)N[C@H]1C[C@H](OCc2ccc(F)c(F)c2)C1. The molecule has 0 spiro atoms. The fourth-order valence-electron chi connectivity index (χ4n) is 1.84. The van der Waals surface area contributed by atoms with Crippen molar-refractivity contribution in [2.75, 3.05) is 0 Å². The highest BCUT2D eigenvalue weighted by Crippen LogP contribution is 2.24. The van der Waals surface area contributed by atoms with Gasteiger partial charge >= 0.3 is 6.09 Å². The lowest BCUT2D eigenvalue weighted by Crippen LogP contribution is -2.47. The van der Waals surface area contributed by atoms with Crippen LogP contribution in [0.4, 0.5) is 13.6 Å². The van der Waals surface area contributed by atoms with Crippen molar-refractivity contribution in [2.45, 2.75) is 31.6 Å². The number of hydrogen-bond acceptors (Lipinski definition) is 2. The molecule has 1 aliphatic rings. The van der Waals surface area contributed by atoms with Gasteiger partial charge in [0.2, 0.25) is 0 Å². The Balaban J connectivity index is 1.73. The minimum atomic E-state index is -1.04. The summed E-state index contributed by atoms with van der Waals surface area (Å²) >= 11 is 0. The number of benzene rings is 1. The molecule has 0 saturated heterocycles. The van der Waals surface area contributed by atoms with Gasteiger partial charge in [0.25, 0.3) is 0 Å². The first-order valence-electron chi connectivity index (χ1n) is 5.59.